The first-order valence-corrected chi connectivity index (χ1v) is 5.86. The lowest BCUT2D eigenvalue weighted by atomic mass is 10.2. The number of benzene rings is 1. The van der Waals surface area contributed by atoms with Gasteiger partial charge in [0.05, 0.1) is 0 Å². The lowest BCUT2D eigenvalue weighted by Crippen LogP contribution is -2.40. The monoisotopic (exact) mass is 249 g/mol. The molecule has 0 spiro atoms. The molecule has 5 nitrogen and oxygen atoms in total. The Morgan fingerprint density at radius 1 is 1.44 bits per heavy atom. The van der Waals surface area contributed by atoms with Crippen LogP contribution in [0.4, 0.5) is 4.79 Å². The summed E-state index contributed by atoms with van der Waals surface area (Å²) >= 11 is 0. The standard InChI is InChI=1S/C13H15NO4/c1-2-14-11(9-18-13(14)16)12(15)17-8-10-6-4-3-5-7-10/h3-7,11H,2,8-9H2,1H3/t11-/m1/s1. The second-order valence-electron chi connectivity index (χ2n) is 3.97. The fraction of sp³-hybridized carbons (Fsp3) is 0.385. The van der Waals surface area contributed by atoms with Crippen LogP contribution < -0.4 is 0 Å². The van der Waals surface area contributed by atoms with Crippen molar-refractivity contribution >= 4 is 12.1 Å². The van der Waals surface area contributed by atoms with Crippen molar-refractivity contribution in [2.75, 3.05) is 13.2 Å². The number of carbonyl (C=O) groups excluding carboxylic acids is 2. The van der Waals surface area contributed by atoms with E-state index in [1.165, 1.54) is 4.90 Å². The fourth-order valence-electron chi connectivity index (χ4n) is 1.82. The Balaban J connectivity index is 1.90. The minimum atomic E-state index is -0.619. The molecule has 0 unspecified atom stereocenters. The van der Waals surface area contributed by atoms with Gasteiger partial charge >= 0.3 is 12.1 Å². The molecule has 1 amide bonds. The summed E-state index contributed by atoms with van der Waals surface area (Å²) in [6.45, 7) is 2.51. The lowest BCUT2D eigenvalue weighted by Gasteiger charge is -2.17. The number of esters is 1. The zero-order chi connectivity index (χ0) is 13.0. The van der Waals surface area contributed by atoms with Crippen LogP contribution in [0.2, 0.25) is 0 Å². The summed E-state index contributed by atoms with van der Waals surface area (Å²) in [6, 6.07) is 8.79. The van der Waals surface area contributed by atoms with E-state index >= 15 is 0 Å². The first kappa shape index (κ1) is 12.4. The number of hydrogen-bond donors (Lipinski definition) is 0. The van der Waals surface area contributed by atoms with E-state index in [0.717, 1.165) is 5.56 Å². The minimum Gasteiger partial charge on any atom is -0.459 e. The number of likely N-dealkylation sites (N-methyl/N-ethyl adjacent to an activating group) is 1. The third kappa shape index (κ3) is 2.61. The predicted octanol–water partition coefficient (Wildman–Crippen LogP) is 1.57. The Morgan fingerprint density at radius 2 is 2.17 bits per heavy atom. The summed E-state index contributed by atoms with van der Waals surface area (Å²) in [7, 11) is 0. The number of hydrogen-bond acceptors (Lipinski definition) is 4. The van der Waals surface area contributed by atoms with Crippen LogP contribution in [0.3, 0.4) is 0 Å². The first-order valence-electron chi connectivity index (χ1n) is 5.86. The fourth-order valence-corrected chi connectivity index (χ4v) is 1.82. The van der Waals surface area contributed by atoms with Gasteiger partial charge in [-0.1, -0.05) is 30.3 Å². The highest BCUT2D eigenvalue weighted by Crippen LogP contribution is 2.14. The molecule has 5 heteroatoms. The van der Waals surface area contributed by atoms with Gasteiger partial charge in [0.15, 0.2) is 6.04 Å². The predicted molar refractivity (Wildman–Crippen MR) is 63.8 cm³/mol. The van der Waals surface area contributed by atoms with Crippen LogP contribution in [0.5, 0.6) is 0 Å². The molecule has 1 aliphatic rings. The maximum Gasteiger partial charge on any atom is 0.410 e. The van der Waals surface area contributed by atoms with Crippen molar-refractivity contribution in [1.29, 1.82) is 0 Å². The quantitative estimate of drug-likeness (QED) is 0.760. The summed E-state index contributed by atoms with van der Waals surface area (Å²) in [6.07, 6.45) is -0.459. The Bertz CT molecular complexity index is 432. The van der Waals surface area contributed by atoms with Crippen LogP contribution in [0.1, 0.15) is 12.5 Å². The third-order valence-corrected chi connectivity index (χ3v) is 2.81. The molecule has 2 rings (SSSR count). The molecule has 0 aromatic heterocycles. The normalized spacial score (nSPS) is 18.6. The highest BCUT2D eigenvalue weighted by atomic mass is 16.6. The van der Waals surface area contributed by atoms with Gasteiger partial charge in [-0.05, 0) is 12.5 Å². The Labute approximate surface area is 105 Å². The molecule has 1 fully saturated rings. The van der Waals surface area contributed by atoms with Crippen LogP contribution in [0.15, 0.2) is 30.3 Å². The van der Waals surface area contributed by atoms with Gasteiger partial charge in [0.1, 0.15) is 13.2 Å². The van der Waals surface area contributed by atoms with Gasteiger partial charge in [0.2, 0.25) is 0 Å². The van der Waals surface area contributed by atoms with Crippen molar-refractivity contribution in [3.8, 4) is 0 Å². The third-order valence-electron chi connectivity index (χ3n) is 2.81. The zero-order valence-corrected chi connectivity index (χ0v) is 10.2. The van der Waals surface area contributed by atoms with Crippen LogP contribution >= 0.6 is 0 Å². The number of rotatable bonds is 4. The number of amides is 1. The number of ether oxygens (including phenoxy) is 2. The lowest BCUT2D eigenvalue weighted by molar-refractivity contribution is -0.149. The zero-order valence-electron chi connectivity index (χ0n) is 10.2. The highest BCUT2D eigenvalue weighted by molar-refractivity contribution is 5.84. The molecular weight excluding hydrogens is 234 g/mol. The Morgan fingerprint density at radius 3 is 2.83 bits per heavy atom. The van der Waals surface area contributed by atoms with Crippen LogP contribution in [0, 0.1) is 0 Å². The summed E-state index contributed by atoms with van der Waals surface area (Å²) < 4.78 is 10.0. The minimum absolute atomic E-state index is 0.0697. The van der Waals surface area contributed by atoms with Crippen LogP contribution in [-0.2, 0) is 20.9 Å². The van der Waals surface area contributed by atoms with E-state index < -0.39 is 18.1 Å². The maximum absolute atomic E-state index is 11.8. The average Bonchev–Trinajstić information content (AvgIpc) is 2.78. The molecule has 0 aliphatic carbocycles. The summed E-state index contributed by atoms with van der Waals surface area (Å²) in [5.74, 6) is -0.424. The second kappa shape index (κ2) is 5.53. The summed E-state index contributed by atoms with van der Waals surface area (Å²) in [5, 5.41) is 0. The smallest absolute Gasteiger partial charge is 0.410 e. The molecule has 1 atom stereocenters. The van der Waals surface area contributed by atoms with Crippen molar-refractivity contribution in [3.63, 3.8) is 0 Å². The van der Waals surface area contributed by atoms with E-state index in [1.807, 2.05) is 30.3 Å². The van der Waals surface area contributed by atoms with Gasteiger partial charge in [-0.25, -0.2) is 9.59 Å². The van der Waals surface area contributed by atoms with E-state index in [-0.39, 0.29) is 13.2 Å². The van der Waals surface area contributed by atoms with E-state index in [9.17, 15) is 9.59 Å². The van der Waals surface area contributed by atoms with Gasteiger partial charge < -0.3 is 9.47 Å². The molecule has 1 aliphatic heterocycles. The molecule has 0 N–H and O–H groups in total. The molecule has 1 heterocycles. The van der Waals surface area contributed by atoms with E-state index in [4.69, 9.17) is 9.47 Å². The van der Waals surface area contributed by atoms with E-state index in [1.54, 1.807) is 6.92 Å². The second-order valence-corrected chi connectivity index (χ2v) is 3.97. The molecule has 1 aromatic carbocycles. The van der Waals surface area contributed by atoms with Crippen molar-refractivity contribution < 1.29 is 19.1 Å². The van der Waals surface area contributed by atoms with Gasteiger partial charge in [0.25, 0.3) is 0 Å². The van der Waals surface area contributed by atoms with E-state index in [2.05, 4.69) is 0 Å². The van der Waals surface area contributed by atoms with Crippen molar-refractivity contribution in [2.45, 2.75) is 19.6 Å². The highest BCUT2D eigenvalue weighted by Gasteiger charge is 2.38. The van der Waals surface area contributed by atoms with Crippen molar-refractivity contribution in [1.82, 2.24) is 4.90 Å². The average molecular weight is 249 g/mol. The van der Waals surface area contributed by atoms with Gasteiger partial charge in [0, 0.05) is 6.54 Å². The molecule has 0 bridgehead atoms. The molecule has 0 radical (unpaired) electrons. The van der Waals surface area contributed by atoms with Gasteiger partial charge in [-0.3, -0.25) is 4.90 Å². The molecule has 1 aromatic rings. The van der Waals surface area contributed by atoms with Crippen LogP contribution in [-0.4, -0.2) is 36.2 Å². The molecule has 0 saturated carbocycles. The maximum atomic E-state index is 11.8. The topological polar surface area (TPSA) is 55.8 Å². The molecular formula is C13H15NO4. The van der Waals surface area contributed by atoms with Crippen LogP contribution in [0.25, 0.3) is 0 Å². The van der Waals surface area contributed by atoms with Crippen molar-refractivity contribution in [2.24, 2.45) is 0 Å². The number of carbonyl (C=O) groups is 2. The largest absolute Gasteiger partial charge is 0.459 e. The Kier molecular flexibility index (Phi) is 3.82. The molecule has 96 valence electrons. The molecule has 1 saturated heterocycles. The SMILES string of the molecule is CCN1C(=O)OC[C@@H]1C(=O)OCc1ccccc1. The summed E-state index contributed by atoms with van der Waals surface area (Å²) in [4.78, 5) is 24.5. The number of nitrogens with zero attached hydrogens (tertiary/aromatic N) is 1. The Hall–Kier alpha value is -2.04. The summed E-state index contributed by atoms with van der Waals surface area (Å²) in [5.41, 5.74) is 0.916. The van der Waals surface area contributed by atoms with Crippen molar-refractivity contribution in [3.05, 3.63) is 35.9 Å². The molecule has 18 heavy (non-hydrogen) atoms. The van der Waals surface area contributed by atoms with Gasteiger partial charge in [-0.15, -0.1) is 0 Å². The first-order chi connectivity index (χ1) is 8.72. The van der Waals surface area contributed by atoms with E-state index in [0.29, 0.717) is 6.54 Å². The van der Waals surface area contributed by atoms with Gasteiger partial charge in [-0.2, -0.15) is 0 Å². The number of cyclic esters (lactones) is 1.